The zero-order chi connectivity index (χ0) is 22.0. The van der Waals surface area contributed by atoms with Gasteiger partial charge in [-0.25, -0.2) is 0 Å². The summed E-state index contributed by atoms with van der Waals surface area (Å²) >= 11 is 12.5. The summed E-state index contributed by atoms with van der Waals surface area (Å²) < 4.78 is 0. The van der Waals surface area contributed by atoms with Crippen LogP contribution in [0.3, 0.4) is 0 Å². The second kappa shape index (κ2) is 9.02. The maximum atomic E-state index is 12.8. The molecule has 1 unspecified atom stereocenters. The molecule has 1 aromatic heterocycles. The largest absolute Gasteiger partial charge is 0.371 e. The average molecular weight is 453 g/mol. The van der Waals surface area contributed by atoms with Gasteiger partial charge in [-0.2, -0.15) is 0 Å². The topological polar surface area (TPSA) is 33.2 Å². The maximum Gasteiger partial charge on any atom is 0.163 e. The zero-order valence-electron chi connectivity index (χ0n) is 17.9. The van der Waals surface area contributed by atoms with Crippen molar-refractivity contribution in [1.82, 2.24) is 4.98 Å². The second-order valence-electron chi connectivity index (χ2n) is 8.63. The molecule has 1 aliphatic heterocycles. The van der Waals surface area contributed by atoms with Crippen LogP contribution in [0.25, 0.3) is 0 Å². The van der Waals surface area contributed by atoms with E-state index in [1.165, 1.54) is 5.56 Å². The van der Waals surface area contributed by atoms with Gasteiger partial charge in [0.15, 0.2) is 5.78 Å². The van der Waals surface area contributed by atoms with Crippen molar-refractivity contribution in [3.05, 3.63) is 93.2 Å². The Kier molecular flexibility index (Phi) is 6.36. The van der Waals surface area contributed by atoms with Crippen LogP contribution in [0.15, 0.2) is 60.8 Å². The van der Waals surface area contributed by atoms with Crippen LogP contribution in [-0.4, -0.2) is 23.9 Å². The van der Waals surface area contributed by atoms with Gasteiger partial charge in [-0.3, -0.25) is 9.78 Å². The summed E-state index contributed by atoms with van der Waals surface area (Å²) in [5, 5.41) is 1.35. The van der Waals surface area contributed by atoms with E-state index in [0.717, 1.165) is 42.0 Å². The molecule has 1 aliphatic rings. The van der Waals surface area contributed by atoms with Gasteiger partial charge in [0.25, 0.3) is 0 Å². The number of Topliss-reactive ketones (excluding diaryl/α,β-unsaturated/α-hetero) is 1. The van der Waals surface area contributed by atoms with Gasteiger partial charge >= 0.3 is 0 Å². The Balaban J connectivity index is 1.46. The molecule has 0 amide bonds. The van der Waals surface area contributed by atoms with Crippen molar-refractivity contribution < 1.29 is 4.79 Å². The molecule has 31 heavy (non-hydrogen) atoms. The Morgan fingerprint density at radius 1 is 1.10 bits per heavy atom. The number of hydrogen-bond acceptors (Lipinski definition) is 3. The molecule has 0 N–H and O–H groups in total. The van der Waals surface area contributed by atoms with Crippen molar-refractivity contribution in [3.63, 3.8) is 0 Å². The quantitative estimate of drug-likeness (QED) is 0.391. The van der Waals surface area contributed by atoms with E-state index in [1.54, 1.807) is 12.3 Å². The fourth-order valence-corrected chi connectivity index (χ4v) is 4.93. The van der Waals surface area contributed by atoms with Crippen molar-refractivity contribution in [2.45, 2.75) is 38.5 Å². The van der Waals surface area contributed by atoms with Crippen LogP contribution < -0.4 is 4.90 Å². The number of nitrogens with zero attached hydrogens (tertiary/aromatic N) is 2. The molecule has 2 heterocycles. The van der Waals surface area contributed by atoms with Crippen molar-refractivity contribution in [2.75, 3.05) is 18.0 Å². The Labute approximate surface area is 194 Å². The number of aromatic nitrogens is 1. The number of benzene rings is 2. The van der Waals surface area contributed by atoms with E-state index in [2.05, 4.69) is 28.9 Å². The summed E-state index contributed by atoms with van der Waals surface area (Å²) in [6.45, 7) is 6.12. The minimum absolute atomic E-state index is 0.0143. The molecule has 1 saturated heterocycles. The molecule has 1 fully saturated rings. The van der Waals surface area contributed by atoms with Crippen LogP contribution in [0.5, 0.6) is 0 Å². The van der Waals surface area contributed by atoms with Crippen LogP contribution in [0.1, 0.15) is 46.9 Å². The van der Waals surface area contributed by atoms with Crippen molar-refractivity contribution in [3.8, 4) is 0 Å². The second-order valence-corrected chi connectivity index (χ2v) is 9.51. The molecule has 2 aromatic carbocycles. The molecule has 4 rings (SSSR count). The summed E-state index contributed by atoms with van der Waals surface area (Å²) in [5.74, 6) is 0.162. The van der Waals surface area contributed by atoms with Crippen molar-refractivity contribution in [1.29, 1.82) is 0 Å². The Morgan fingerprint density at radius 2 is 1.87 bits per heavy atom. The van der Waals surface area contributed by atoms with Crippen LogP contribution in [0, 0.1) is 6.92 Å². The van der Waals surface area contributed by atoms with Gasteiger partial charge in [0.05, 0.1) is 0 Å². The van der Waals surface area contributed by atoms with E-state index in [0.29, 0.717) is 22.9 Å². The molecule has 3 nitrogen and oxygen atoms in total. The lowest BCUT2D eigenvalue weighted by Crippen LogP contribution is -2.28. The normalized spacial score (nSPS) is 18.4. The Morgan fingerprint density at radius 3 is 2.55 bits per heavy atom. The van der Waals surface area contributed by atoms with Crippen molar-refractivity contribution >= 4 is 34.7 Å². The number of pyridine rings is 1. The first-order valence-corrected chi connectivity index (χ1v) is 11.3. The molecule has 0 radical (unpaired) electrons. The van der Waals surface area contributed by atoms with Gasteiger partial charge in [0.1, 0.15) is 0 Å². The highest BCUT2D eigenvalue weighted by atomic mass is 35.5. The molecule has 160 valence electrons. The van der Waals surface area contributed by atoms with Crippen LogP contribution >= 0.6 is 23.2 Å². The van der Waals surface area contributed by atoms with Crippen LogP contribution in [0.4, 0.5) is 5.69 Å². The Hall–Kier alpha value is -2.36. The number of carbonyl (C=O) groups excluding carboxylic acids is 1. The van der Waals surface area contributed by atoms with Gasteiger partial charge < -0.3 is 4.90 Å². The minimum atomic E-state index is -0.0143. The number of halogens is 2. The number of aryl methyl sites for hydroxylation is 2. The van der Waals surface area contributed by atoms with E-state index in [9.17, 15) is 4.79 Å². The summed E-state index contributed by atoms with van der Waals surface area (Å²) in [4.78, 5) is 19.4. The third-order valence-corrected chi connectivity index (χ3v) is 6.68. The number of ketones is 1. The first-order valence-electron chi connectivity index (χ1n) is 10.6. The summed E-state index contributed by atoms with van der Waals surface area (Å²) in [6, 6.07) is 17.8. The van der Waals surface area contributed by atoms with Gasteiger partial charge in [-0.1, -0.05) is 36.2 Å². The average Bonchev–Trinajstić information content (AvgIpc) is 3.15. The number of rotatable bonds is 6. The van der Waals surface area contributed by atoms with Crippen molar-refractivity contribution in [2.24, 2.45) is 0 Å². The van der Waals surface area contributed by atoms with E-state index >= 15 is 0 Å². The first-order chi connectivity index (χ1) is 14.8. The zero-order valence-corrected chi connectivity index (χ0v) is 19.4. The summed E-state index contributed by atoms with van der Waals surface area (Å²) in [6.07, 6.45) is 3.91. The molecular formula is C26H26Cl2N2O. The third kappa shape index (κ3) is 4.94. The standard InChI is InChI=1S/C26H26Cl2N2O/c1-18-13-23(7-8-24(18)25(31)9-6-22-5-3-4-11-29-22)30-12-10-26(2,17-30)19-14-20(27)16-21(28)15-19/h3-5,7-8,11,13-16H,6,9-10,12,17H2,1-2H3. The van der Waals surface area contributed by atoms with Crippen LogP contribution in [0.2, 0.25) is 10.0 Å². The number of carbonyl (C=O) groups is 1. The SMILES string of the molecule is Cc1cc(N2CCC(C)(c3cc(Cl)cc(Cl)c3)C2)ccc1C(=O)CCc1ccccn1. The lowest BCUT2D eigenvalue weighted by molar-refractivity contribution is 0.0982. The minimum Gasteiger partial charge on any atom is -0.371 e. The summed E-state index contributed by atoms with van der Waals surface area (Å²) in [5.41, 5.74) is 5.06. The maximum absolute atomic E-state index is 12.8. The molecular weight excluding hydrogens is 427 g/mol. The predicted octanol–water partition coefficient (Wildman–Crippen LogP) is 6.68. The number of anilines is 1. The highest BCUT2D eigenvalue weighted by Crippen LogP contribution is 2.39. The fourth-order valence-electron chi connectivity index (χ4n) is 4.40. The summed E-state index contributed by atoms with van der Waals surface area (Å²) in [7, 11) is 0. The van der Waals surface area contributed by atoms with Gasteiger partial charge in [-0.05, 0) is 79.4 Å². The molecule has 0 bridgehead atoms. The molecule has 1 atom stereocenters. The Bertz CT molecular complexity index is 1080. The molecule has 3 aromatic rings. The van der Waals surface area contributed by atoms with E-state index in [-0.39, 0.29) is 11.2 Å². The molecule has 0 saturated carbocycles. The third-order valence-electron chi connectivity index (χ3n) is 6.24. The predicted molar refractivity (Wildman–Crippen MR) is 129 cm³/mol. The molecule has 0 spiro atoms. The fraction of sp³-hybridized carbons (Fsp3) is 0.308. The smallest absolute Gasteiger partial charge is 0.163 e. The molecule has 5 heteroatoms. The van der Waals surface area contributed by atoms with Crippen LogP contribution in [-0.2, 0) is 11.8 Å². The monoisotopic (exact) mass is 452 g/mol. The lowest BCUT2D eigenvalue weighted by atomic mass is 9.82. The van der Waals surface area contributed by atoms with Gasteiger partial charge in [-0.15, -0.1) is 0 Å². The lowest BCUT2D eigenvalue weighted by Gasteiger charge is -2.27. The first kappa shape index (κ1) is 21.9. The van der Waals surface area contributed by atoms with Gasteiger partial charge in [0, 0.05) is 58.1 Å². The van der Waals surface area contributed by atoms with E-state index in [4.69, 9.17) is 23.2 Å². The van der Waals surface area contributed by atoms with E-state index in [1.807, 2.05) is 43.3 Å². The van der Waals surface area contributed by atoms with E-state index < -0.39 is 0 Å². The molecule has 0 aliphatic carbocycles. The van der Waals surface area contributed by atoms with Gasteiger partial charge in [0.2, 0.25) is 0 Å². The highest BCUT2D eigenvalue weighted by molar-refractivity contribution is 6.34. The number of hydrogen-bond donors (Lipinski definition) is 0. The highest BCUT2D eigenvalue weighted by Gasteiger charge is 2.36.